The number of aromatic nitrogens is 2. The number of carboxylic acid groups (broad SMARTS) is 1. The summed E-state index contributed by atoms with van der Waals surface area (Å²) in [6.45, 7) is 0.248. The number of hydrogen-bond donors (Lipinski definition) is 2. The van der Waals surface area contributed by atoms with Crippen molar-refractivity contribution in [3.05, 3.63) is 17.0 Å². The van der Waals surface area contributed by atoms with Gasteiger partial charge in [-0.15, -0.1) is 0 Å². The Morgan fingerprint density at radius 1 is 1.41 bits per heavy atom. The normalized spacial score (nSPS) is 15.9. The maximum Gasteiger partial charge on any atom is 0.333 e. The van der Waals surface area contributed by atoms with E-state index < -0.39 is 24.5 Å². The van der Waals surface area contributed by atoms with Crippen molar-refractivity contribution >= 4 is 11.9 Å². The van der Waals surface area contributed by atoms with Crippen molar-refractivity contribution in [1.29, 1.82) is 0 Å². The van der Waals surface area contributed by atoms with Gasteiger partial charge in [-0.2, -0.15) is 13.9 Å². The highest BCUT2D eigenvalue weighted by molar-refractivity contribution is 5.85. The van der Waals surface area contributed by atoms with Gasteiger partial charge in [0.1, 0.15) is 6.04 Å². The zero-order valence-electron chi connectivity index (χ0n) is 12.5. The first kappa shape index (κ1) is 16.4. The van der Waals surface area contributed by atoms with Crippen LogP contribution in [0.25, 0.3) is 0 Å². The summed E-state index contributed by atoms with van der Waals surface area (Å²) >= 11 is 0. The summed E-state index contributed by atoms with van der Waals surface area (Å²) in [5.74, 6) is -1.21. The number of rotatable bonds is 7. The summed E-state index contributed by atoms with van der Waals surface area (Å²) in [6.07, 6.45) is 2.23. The van der Waals surface area contributed by atoms with Crippen LogP contribution in [0.4, 0.5) is 8.78 Å². The van der Waals surface area contributed by atoms with Gasteiger partial charge in [0.25, 0.3) is 0 Å². The van der Waals surface area contributed by atoms with Gasteiger partial charge >= 0.3 is 12.5 Å². The van der Waals surface area contributed by atoms with Crippen LogP contribution in [-0.4, -0.2) is 32.8 Å². The lowest BCUT2D eigenvalue weighted by Crippen LogP contribution is -2.41. The van der Waals surface area contributed by atoms with Gasteiger partial charge in [-0.05, 0) is 26.2 Å². The molecule has 1 aliphatic carbocycles. The third kappa shape index (κ3) is 3.80. The van der Waals surface area contributed by atoms with Gasteiger partial charge in [-0.1, -0.05) is 12.8 Å². The Bertz CT molecular complexity index is 582. The Morgan fingerprint density at radius 3 is 2.50 bits per heavy atom. The number of carboxylic acids is 1. The topological polar surface area (TPSA) is 84.2 Å². The fraction of sp³-hybridized carbons (Fsp3) is 0.643. The molecular formula is C14H19F2N3O3. The maximum atomic E-state index is 12.7. The zero-order chi connectivity index (χ0) is 16.4. The molecule has 22 heavy (non-hydrogen) atoms. The first-order valence-electron chi connectivity index (χ1n) is 7.14. The van der Waals surface area contributed by atoms with Gasteiger partial charge in [0.15, 0.2) is 0 Å². The molecule has 1 atom stereocenters. The molecule has 122 valence electrons. The van der Waals surface area contributed by atoms with E-state index in [1.54, 1.807) is 6.92 Å². The molecule has 1 amide bonds. The quantitative estimate of drug-likeness (QED) is 0.803. The Kier molecular flexibility index (Phi) is 4.77. The van der Waals surface area contributed by atoms with Gasteiger partial charge in [-0.3, -0.25) is 4.79 Å². The Morgan fingerprint density at radius 2 is 2.05 bits per heavy atom. The van der Waals surface area contributed by atoms with Crippen molar-refractivity contribution in [3.8, 4) is 0 Å². The molecule has 1 heterocycles. The molecule has 1 aromatic heterocycles. The predicted octanol–water partition coefficient (Wildman–Crippen LogP) is 1.81. The molecule has 0 spiro atoms. The van der Waals surface area contributed by atoms with E-state index in [0.29, 0.717) is 28.3 Å². The SMILES string of the molecule is Cc1nn(C(F)F)c(C)c1CC(=O)NC(CC1CC1)C(=O)O. The second-order valence-corrected chi connectivity index (χ2v) is 5.69. The summed E-state index contributed by atoms with van der Waals surface area (Å²) in [5.41, 5.74) is 0.979. The largest absolute Gasteiger partial charge is 0.480 e. The predicted molar refractivity (Wildman–Crippen MR) is 73.6 cm³/mol. The van der Waals surface area contributed by atoms with Crippen LogP contribution in [0.15, 0.2) is 0 Å². The van der Waals surface area contributed by atoms with E-state index in [1.807, 2.05) is 0 Å². The van der Waals surface area contributed by atoms with Gasteiger partial charge < -0.3 is 10.4 Å². The van der Waals surface area contributed by atoms with Crippen molar-refractivity contribution in [3.63, 3.8) is 0 Å². The van der Waals surface area contributed by atoms with Gasteiger partial charge in [0.05, 0.1) is 12.1 Å². The van der Waals surface area contributed by atoms with Crippen LogP contribution in [0.2, 0.25) is 0 Å². The lowest BCUT2D eigenvalue weighted by atomic mass is 10.1. The molecular weight excluding hydrogens is 296 g/mol. The number of amides is 1. The number of halogens is 2. The van der Waals surface area contributed by atoms with Gasteiger partial charge in [-0.25, -0.2) is 9.48 Å². The number of carbonyl (C=O) groups excluding carboxylic acids is 1. The summed E-state index contributed by atoms with van der Waals surface area (Å²) in [5, 5.41) is 15.3. The molecule has 6 nitrogen and oxygen atoms in total. The van der Waals surface area contributed by atoms with E-state index in [4.69, 9.17) is 5.11 Å². The molecule has 0 radical (unpaired) electrons. The minimum atomic E-state index is -2.77. The van der Waals surface area contributed by atoms with Gasteiger partial charge in [0.2, 0.25) is 5.91 Å². The summed E-state index contributed by atoms with van der Waals surface area (Å²) < 4.78 is 26.1. The number of carbonyl (C=O) groups is 2. The Balaban J connectivity index is 2.03. The lowest BCUT2D eigenvalue weighted by molar-refractivity contribution is -0.142. The van der Waals surface area contributed by atoms with E-state index in [9.17, 15) is 18.4 Å². The molecule has 1 aliphatic rings. The maximum absolute atomic E-state index is 12.7. The van der Waals surface area contributed by atoms with Crippen LogP contribution in [0, 0.1) is 19.8 Å². The van der Waals surface area contributed by atoms with Crippen LogP contribution in [0.3, 0.4) is 0 Å². The van der Waals surface area contributed by atoms with Crippen molar-refractivity contribution in [1.82, 2.24) is 15.1 Å². The molecule has 1 fully saturated rings. The lowest BCUT2D eigenvalue weighted by Gasteiger charge is -2.14. The fourth-order valence-electron chi connectivity index (χ4n) is 2.46. The molecule has 1 aromatic rings. The number of aryl methyl sites for hydroxylation is 1. The van der Waals surface area contributed by atoms with Crippen LogP contribution in [0.5, 0.6) is 0 Å². The van der Waals surface area contributed by atoms with Crippen LogP contribution in [0.1, 0.15) is 42.8 Å². The average molecular weight is 315 g/mol. The average Bonchev–Trinajstić information content (AvgIpc) is 3.19. The first-order chi connectivity index (χ1) is 10.3. The van der Waals surface area contributed by atoms with E-state index in [2.05, 4.69) is 10.4 Å². The van der Waals surface area contributed by atoms with Crippen molar-refractivity contribution in [2.45, 2.75) is 52.1 Å². The molecule has 0 bridgehead atoms. The molecule has 0 aromatic carbocycles. The van der Waals surface area contributed by atoms with E-state index in [-0.39, 0.29) is 12.1 Å². The number of nitrogens with one attached hydrogen (secondary N) is 1. The van der Waals surface area contributed by atoms with Crippen molar-refractivity contribution in [2.75, 3.05) is 0 Å². The molecule has 1 saturated carbocycles. The van der Waals surface area contributed by atoms with Crippen LogP contribution in [-0.2, 0) is 16.0 Å². The monoisotopic (exact) mass is 315 g/mol. The minimum absolute atomic E-state index is 0.154. The van der Waals surface area contributed by atoms with Gasteiger partial charge in [0, 0.05) is 11.3 Å². The summed E-state index contributed by atoms with van der Waals surface area (Å²) in [6, 6.07) is -0.925. The summed E-state index contributed by atoms with van der Waals surface area (Å²) in [4.78, 5) is 23.2. The molecule has 1 unspecified atom stereocenters. The van der Waals surface area contributed by atoms with Crippen molar-refractivity contribution < 1.29 is 23.5 Å². The van der Waals surface area contributed by atoms with E-state index in [0.717, 1.165) is 12.8 Å². The third-order valence-electron chi connectivity index (χ3n) is 3.90. The van der Waals surface area contributed by atoms with Crippen molar-refractivity contribution in [2.24, 2.45) is 5.92 Å². The molecule has 8 heteroatoms. The molecule has 2 N–H and O–H groups in total. The Labute approximate surface area is 126 Å². The Hall–Kier alpha value is -1.99. The second kappa shape index (κ2) is 6.41. The number of nitrogens with zero attached hydrogens (tertiary/aromatic N) is 2. The highest BCUT2D eigenvalue weighted by atomic mass is 19.3. The third-order valence-corrected chi connectivity index (χ3v) is 3.90. The highest BCUT2D eigenvalue weighted by Crippen LogP contribution is 2.33. The smallest absolute Gasteiger partial charge is 0.333 e. The highest BCUT2D eigenvalue weighted by Gasteiger charge is 2.30. The minimum Gasteiger partial charge on any atom is -0.480 e. The standard InChI is InChI=1S/C14H19F2N3O3/c1-7-10(8(2)19(18-7)14(15)16)6-12(20)17-11(13(21)22)5-9-3-4-9/h9,11,14H,3-6H2,1-2H3,(H,17,20)(H,21,22). The summed E-state index contributed by atoms with van der Waals surface area (Å²) in [7, 11) is 0. The number of hydrogen-bond acceptors (Lipinski definition) is 3. The van der Waals surface area contributed by atoms with E-state index >= 15 is 0 Å². The molecule has 0 aliphatic heterocycles. The van der Waals surface area contributed by atoms with Crippen LogP contribution >= 0.6 is 0 Å². The van der Waals surface area contributed by atoms with Crippen LogP contribution < -0.4 is 5.32 Å². The fourth-order valence-corrected chi connectivity index (χ4v) is 2.46. The second-order valence-electron chi connectivity index (χ2n) is 5.69. The zero-order valence-corrected chi connectivity index (χ0v) is 12.5. The first-order valence-corrected chi connectivity index (χ1v) is 7.14. The molecule has 0 saturated heterocycles. The number of aliphatic carboxylic acids is 1. The molecule has 2 rings (SSSR count). The van der Waals surface area contributed by atoms with E-state index in [1.165, 1.54) is 6.92 Å². The number of alkyl halides is 2.